The average Bonchev–Trinajstić information content (AvgIpc) is 3.47. The van der Waals surface area contributed by atoms with Crippen LogP contribution >= 0.6 is 11.6 Å². The normalized spacial score (nSPS) is 15.4. The molecule has 0 aromatic heterocycles. The second-order valence-electron chi connectivity index (χ2n) is 9.83. The number of hydrogen-bond donors (Lipinski definition) is 0. The first kappa shape index (κ1) is 31.7. The van der Waals surface area contributed by atoms with Gasteiger partial charge in [-0.15, -0.1) is 0 Å². The largest absolute Gasteiger partial charge is 0.416 e. The quantitative estimate of drug-likeness (QED) is 0.219. The van der Waals surface area contributed by atoms with Crippen molar-refractivity contribution < 1.29 is 35.3 Å². The van der Waals surface area contributed by atoms with Crippen molar-refractivity contribution >= 4 is 33.3 Å². The highest BCUT2D eigenvalue weighted by Gasteiger charge is 2.33. The van der Waals surface area contributed by atoms with Crippen molar-refractivity contribution in [2.75, 3.05) is 31.1 Å². The fraction of sp³-hybridized carbons (Fsp3) is 0.367. The first-order chi connectivity index (χ1) is 19.9. The molecular formula is C30H32ClF3N2O5S. The zero-order valence-corrected chi connectivity index (χ0v) is 24.8. The van der Waals surface area contributed by atoms with Crippen molar-refractivity contribution in [3.63, 3.8) is 0 Å². The van der Waals surface area contributed by atoms with Crippen LogP contribution < -0.4 is 9.08 Å². The summed E-state index contributed by atoms with van der Waals surface area (Å²) in [4.78, 5) is 16.5. The SMILES string of the molecule is CCN(CC)c1ccc(CN(CC2CCCO2)C(=O)c2ccccc2Cl)c(OS(=O)(=O)c2cccc(C(F)(F)F)c2)c1. The molecule has 1 atom stereocenters. The number of carbonyl (C=O) groups excluding carboxylic acids is 1. The molecule has 1 unspecified atom stereocenters. The van der Waals surface area contributed by atoms with Gasteiger partial charge in [0, 0.05) is 50.1 Å². The highest BCUT2D eigenvalue weighted by molar-refractivity contribution is 7.87. The van der Waals surface area contributed by atoms with E-state index in [2.05, 4.69) is 0 Å². The maximum Gasteiger partial charge on any atom is 0.416 e. The van der Waals surface area contributed by atoms with Crippen LogP contribution in [0.2, 0.25) is 5.02 Å². The van der Waals surface area contributed by atoms with Gasteiger partial charge < -0.3 is 18.7 Å². The Kier molecular flexibility index (Phi) is 10.1. The topological polar surface area (TPSA) is 76.2 Å². The number of halogens is 4. The summed E-state index contributed by atoms with van der Waals surface area (Å²) in [6.07, 6.45) is -3.35. The summed E-state index contributed by atoms with van der Waals surface area (Å²) in [5.74, 6) is -0.475. The van der Waals surface area contributed by atoms with Crippen molar-refractivity contribution in [2.24, 2.45) is 0 Å². The van der Waals surface area contributed by atoms with E-state index in [4.69, 9.17) is 20.5 Å². The number of hydrogen-bond acceptors (Lipinski definition) is 6. The smallest absolute Gasteiger partial charge is 0.379 e. The van der Waals surface area contributed by atoms with Crippen molar-refractivity contribution in [3.05, 3.63) is 88.4 Å². The van der Waals surface area contributed by atoms with E-state index >= 15 is 0 Å². The molecule has 1 saturated heterocycles. The Labute approximate surface area is 248 Å². The zero-order valence-electron chi connectivity index (χ0n) is 23.2. The number of alkyl halides is 3. The number of rotatable bonds is 11. The predicted molar refractivity (Wildman–Crippen MR) is 154 cm³/mol. The Bertz CT molecular complexity index is 1510. The van der Waals surface area contributed by atoms with Gasteiger partial charge in [0.25, 0.3) is 5.91 Å². The minimum atomic E-state index is -4.73. The van der Waals surface area contributed by atoms with E-state index in [0.29, 0.717) is 37.0 Å². The van der Waals surface area contributed by atoms with Gasteiger partial charge in [-0.2, -0.15) is 21.6 Å². The summed E-state index contributed by atoms with van der Waals surface area (Å²) in [7, 11) is -4.68. The van der Waals surface area contributed by atoms with Crippen LogP contribution in [0, 0.1) is 0 Å². The summed E-state index contributed by atoms with van der Waals surface area (Å²) in [6.45, 7) is 5.84. The molecule has 0 radical (unpaired) electrons. The molecule has 42 heavy (non-hydrogen) atoms. The number of ether oxygens (including phenoxy) is 1. The molecule has 1 heterocycles. The Morgan fingerprint density at radius 3 is 2.43 bits per heavy atom. The Hall–Kier alpha value is -3.28. The molecule has 3 aromatic rings. The molecule has 0 saturated carbocycles. The van der Waals surface area contributed by atoms with Crippen LogP contribution in [0.1, 0.15) is 48.2 Å². The fourth-order valence-corrected chi connectivity index (χ4v) is 6.02. The van der Waals surface area contributed by atoms with E-state index in [0.717, 1.165) is 31.0 Å². The van der Waals surface area contributed by atoms with Gasteiger partial charge in [0.1, 0.15) is 10.6 Å². The summed E-state index contributed by atoms with van der Waals surface area (Å²) in [5, 5.41) is 0.264. The van der Waals surface area contributed by atoms with Gasteiger partial charge in [-0.3, -0.25) is 4.79 Å². The van der Waals surface area contributed by atoms with E-state index in [1.807, 2.05) is 18.7 Å². The second-order valence-corrected chi connectivity index (χ2v) is 11.8. The van der Waals surface area contributed by atoms with Crippen LogP contribution in [0.3, 0.4) is 0 Å². The molecular weight excluding hydrogens is 593 g/mol. The minimum Gasteiger partial charge on any atom is -0.379 e. The molecule has 0 N–H and O–H groups in total. The predicted octanol–water partition coefficient (Wildman–Crippen LogP) is 6.79. The third-order valence-corrected chi connectivity index (χ3v) is 8.59. The van der Waals surface area contributed by atoms with Crippen LogP contribution in [0.15, 0.2) is 71.6 Å². The molecule has 1 fully saturated rings. The molecule has 12 heteroatoms. The van der Waals surface area contributed by atoms with Crippen molar-refractivity contribution in [3.8, 4) is 5.75 Å². The lowest BCUT2D eigenvalue weighted by Crippen LogP contribution is -2.37. The van der Waals surface area contributed by atoms with E-state index in [-0.39, 0.29) is 41.4 Å². The van der Waals surface area contributed by atoms with Crippen molar-refractivity contribution in [1.82, 2.24) is 4.90 Å². The van der Waals surface area contributed by atoms with Gasteiger partial charge in [-0.05, 0) is 63.1 Å². The van der Waals surface area contributed by atoms with Gasteiger partial charge in [-0.25, -0.2) is 0 Å². The van der Waals surface area contributed by atoms with Crippen LogP contribution in [-0.4, -0.2) is 51.6 Å². The first-order valence-corrected chi connectivity index (χ1v) is 15.4. The number of anilines is 1. The van der Waals surface area contributed by atoms with E-state index in [1.54, 1.807) is 36.4 Å². The number of nitrogens with zero attached hydrogens (tertiary/aromatic N) is 2. The van der Waals surface area contributed by atoms with Gasteiger partial charge >= 0.3 is 16.3 Å². The monoisotopic (exact) mass is 624 g/mol. The first-order valence-electron chi connectivity index (χ1n) is 13.6. The molecule has 0 aliphatic carbocycles. The molecule has 3 aromatic carbocycles. The van der Waals surface area contributed by atoms with Crippen LogP contribution in [0.25, 0.3) is 0 Å². The van der Waals surface area contributed by atoms with E-state index < -0.39 is 26.8 Å². The molecule has 4 rings (SSSR count). The van der Waals surface area contributed by atoms with Gasteiger partial charge in [0.05, 0.1) is 22.3 Å². The molecule has 0 bridgehead atoms. The number of carbonyl (C=O) groups is 1. The standard InChI is InChI=1S/C30H32ClF3N2O5S/c1-3-35(4-2)23-15-14-21(28(18-23)41-42(38,39)25-11-7-9-22(17-25)30(32,33)34)19-36(20-24-10-8-16-40-24)29(37)26-12-5-6-13-27(26)31/h5-7,9,11-15,17-18,24H,3-4,8,10,16,19-20H2,1-2H3. The van der Waals surface area contributed by atoms with Crippen LogP contribution in [-0.2, 0) is 27.6 Å². The fourth-order valence-electron chi connectivity index (χ4n) is 4.80. The molecule has 226 valence electrons. The lowest BCUT2D eigenvalue weighted by Gasteiger charge is -2.28. The lowest BCUT2D eigenvalue weighted by molar-refractivity contribution is -0.137. The molecule has 1 amide bonds. The molecule has 0 spiro atoms. The van der Waals surface area contributed by atoms with E-state index in [9.17, 15) is 26.4 Å². The third kappa shape index (κ3) is 7.56. The maximum atomic E-state index is 13.7. The third-order valence-electron chi connectivity index (χ3n) is 7.03. The summed E-state index contributed by atoms with van der Waals surface area (Å²) in [6, 6.07) is 15.0. The minimum absolute atomic E-state index is 0.0596. The summed E-state index contributed by atoms with van der Waals surface area (Å²) >= 11 is 6.33. The second kappa shape index (κ2) is 13.4. The van der Waals surface area contributed by atoms with Crippen molar-refractivity contribution in [2.45, 2.75) is 50.4 Å². The summed E-state index contributed by atoms with van der Waals surface area (Å²) in [5.41, 5.74) is 0.161. The summed E-state index contributed by atoms with van der Waals surface area (Å²) < 4.78 is 77.9. The van der Waals surface area contributed by atoms with Crippen molar-refractivity contribution in [1.29, 1.82) is 0 Å². The van der Waals surface area contributed by atoms with Crippen LogP contribution in [0.4, 0.5) is 18.9 Å². The Morgan fingerprint density at radius 2 is 1.79 bits per heavy atom. The van der Waals surface area contributed by atoms with Crippen LogP contribution in [0.5, 0.6) is 5.75 Å². The lowest BCUT2D eigenvalue weighted by atomic mass is 10.1. The highest BCUT2D eigenvalue weighted by Crippen LogP contribution is 2.34. The number of amides is 1. The van der Waals surface area contributed by atoms with E-state index in [1.165, 1.54) is 11.0 Å². The van der Waals surface area contributed by atoms with Gasteiger partial charge in [0.2, 0.25) is 0 Å². The highest BCUT2D eigenvalue weighted by atomic mass is 35.5. The number of benzene rings is 3. The molecule has 7 nitrogen and oxygen atoms in total. The molecule has 1 aliphatic heterocycles. The zero-order chi connectivity index (χ0) is 30.5. The Morgan fingerprint density at radius 1 is 1.05 bits per heavy atom. The molecule has 1 aliphatic rings. The van der Waals surface area contributed by atoms with Gasteiger partial charge in [-0.1, -0.05) is 35.9 Å². The Balaban J connectivity index is 1.74. The maximum absolute atomic E-state index is 13.7. The van der Waals surface area contributed by atoms with Gasteiger partial charge in [0.15, 0.2) is 0 Å². The average molecular weight is 625 g/mol.